The average molecular weight is 1260 g/mol. The molecule has 1 amide bonds. The van der Waals surface area contributed by atoms with E-state index in [2.05, 4.69) is 164 Å². The summed E-state index contributed by atoms with van der Waals surface area (Å²) in [5.41, 5.74) is 9.90. The van der Waals surface area contributed by atoms with E-state index < -0.39 is 5.60 Å². The normalized spacial score (nSPS) is 14.4. The van der Waals surface area contributed by atoms with E-state index in [4.69, 9.17) is 34.1 Å². The highest BCUT2D eigenvalue weighted by Crippen LogP contribution is 2.39. The summed E-state index contributed by atoms with van der Waals surface area (Å²) in [4.78, 5) is 42.6. The Hall–Kier alpha value is -6.45. The van der Waals surface area contributed by atoms with Gasteiger partial charge in [0.1, 0.15) is 11.4 Å². The summed E-state index contributed by atoms with van der Waals surface area (Å²) in [5.74, 6) is 1.81. The summed E-state index contributed by atoms with van der Waals surface area (Å²) in [6.07, 6.45) is 10.6. The number of piperidine rings is 2. The molecule has 0 aliphatic carbocycles. The van der Waals surface area contributed by atoms with Gasteiger partial charge in [0.05, 0.1) is 46.8 Å². The number of carbonyl (C=O) groups excluding carboxylic acids is 1. The number of benzene rings is 4. The van der Waals surface area contributed by atoms with Crippen molar-refractivity contribution in [2.24, 2.45) is 0 Å². The lowest BCUT2D eigenvalue weighted by Crippen LogP contribution is -2.42. The van der Waals surface area contributed by atoms with Gasteiger partial charge in [0.2, 0.25) is 0 Å². The molecule has 400 valence electrons. The molecule has 15 nitrogen and oxygen atoms in total. The topological polar surface area (TPSA) is 167 Å². The van der Waals surface area contributed by atoms with Crippen molar-refractivity contribution in [3.63, 3.8) is 0 Å². The Balaban J connectivity index is 0.000000191. The van der Waals surface area contributed by atoms with Crippen molar-refractivity contribution in [2.45, 2.75) is 111 Å². The minimum absolute atomic E-state index is 0.0229. The molecule has 2 fully saturated rings. The molecule has 0 atom stereocenters. The maximum atomic E-state index is 12.7. The number of rotatable bonds is 12. The third-order valence-corrected chi connectivity index (χ3v) is 15.2. The quantitative estimate of drug-likeness (QED) is 0.111. The van der Waals surface area contributed by atoms with Crippen molar-refractivity contribution >= 4 is 51.3 Å². The SMILES string of the molecule is CC(C)c1ccc(O)c(Oc2nccc(-c3c(-c4ccc(I)cc4)ncn3C3CCN(C(=O)OC(C)(C)C)CC3)n2)c1.Cc1ccc(C(C)C)cc1Oc1nccc(-c2c(-c3ccc(I)cc3)ncn2C2CCNCC2)n1. The van der Waals surface area contributed by atoms with E-state index in [0.717, 1.165) is 98.8 Å². The molecule has 0 unspecified atom stereocenters. The van der Waals surface area contributed by atoms with Crippen LogP contribution in [0.2, 0.25) is 0 Å². The van der Waals surface area contributed by atoms with Gasteiger partial charge in [0, 0.05) is 55.8 Å². The van der Waals surface area contributed by atoms with E-state index >= 15 is 0 Å². The summed E-state index contributed by atoms with van der Waals surface area (Å²) >= 11 is 4.62. The molecule has 8 aromatic rings. The van der Waals surface area contributed by atoms with Crippen molar-refractivity contribution in [1.29, 1.82) is 0 Å². The first-order valence-electron chi connectivity index (χ1n) is 26.3. The summed E-state index contributed by atoms with van der Waals surface area (Å²) in [6, 6.07) is 33.1. The van der Waals surface area contributed by atoms with Crippen LogP contribution in [0.15, 0.2) is 122 Å². The molecule has 10 rings (SSSR count). The number of halogens is 2. The maximum Gasteiger partial charge on any atom is 0.410 e. The first-order valence-corrected chi connectivity index (χ1v) is 28.4. The highest BCUT2D eigenvalue weighted by molar-refractivity contribution is 14.1. The van der Waals surface area contributed by atoms with Gasteiger partial charge >= 0.3 is 18.1 Å². The van der Waals surface area contributed by atoms with Crippen molar-refractivity contribution in [1.82, 2.24) is 49.3 Å². The Morgan fingerprint density at radius 3 is 1.60 bits per heavy atom. The van der Waals surface area contributed by atoms with Crippen molar-refractivity contribution < 1.29 is 24.1 Å². The van der Waals surface area contributed by atoms with Gasteiger partial charge in [-0.3, -0.25) is 0 Å². The van der Waals surface area contributed by atoms with Gasteiger partial charge in [-0.15, -0.1) is 0 Å². The number of imidazole rings is 2. The van der Waals surface area contributed by atoms with Crippen molar-refractivity contribution in [3.8, 4) is 74.6 Å². The van der Waals surface area contributed by atoms with Gasteiger partial charge in [0.15, 0.2) is 11.5 Å². The molecule has 0 saturated carbocycles. The average Bonchev–Trinajstić information content (AvgIpc) is 4.09. The fraction of sp³-hybridized carbons (Fsp3) is 0.350. The second kappa shape index (κ2) is 24.5. The van der Waals surface area contributed by atoms with Gasteiger partial charge in [-0.1, -0.05) is 70.2 Å². The Morgan fingerprint density at radius 1 is 0.636 bits per heavy atom. The molecule has 0 radical (unpaired) electrons. The van der Waals surface area contributed by atoms with Crippen molar-refractivity contribution in [2.75, 3.05) is 26.2 Å². The van der Waals surface area contributed by atoms with Crippen LogP contribution in [0.5, 0.6) is 29.3 Å². The maximum absolute atomic E-state index is 12.7. The fourth-order valence-electron chi connectivity index (χ4n) is 9.46. The van der Waals surface area contributed by atoms with Crippen LogP contribution in [-0.4, -0.2) is 86.9 Å². The molecule has 2 saturated heterocycles. The Bertz CT molecular complexity index is 3300. The predicted octanol–water partition coefficient (Wildman–Crippen LogP) is 14.6. The Morgan fingerprint density at radius 2 is 1.10 bits per heavy atom. The molecule has 0 bridgehead atoms. The van der Waals surface area contributed by atoms with E-state index in [0.29, 0.717) is 42.5 Å². The number of hydrogen-bond acceptors (Lipinski definition) is 12. The largest absolute Gasteiger partial charge is 0.504 e. The van der Waals surface area contributed by atoms with E-state index in [9.17, 15) is 9.90 Å². The number of hydrogen-bond donors (Lipinski definition) is 2. The standard InChI is InChI=1S/C32H36IN5O4.C28H30IN5O/c1-20(2)22-8-11-26(39)27(18-22)41-30-34-15-12-25(36-30)29-28(21-6-9-23(33)10-7-21)35-19-38(29)24-13-16-37(17-14-24)31(40)42-32(3,4)5;1-18(2)21-5-4-19(3)25(16-21)35-28-31-15-12-24(33-28)27-26(20-6-8-22(29)9-7-20)32-17-34(27)23-10-13-30-14-11-23/h6-12,15,18-20,24,39H,13-14,16-17H2,1-5H3;4-9,12,15-18,23,30H,10-11,13-14H2,1-3H3. The van der Waals surface area contributed by atoms with E-state index in [-0.39, 0.29) is 29.8 Å². The van der Waals surface area contributed by atoms with Gasteiger partial charge in [0.25, 0.3) is 0 Å². The van der Waals surface area contributed by atoms with Crippen LogP contribution >= 0.6 is 45.2 Å². The first-order chi connectivity index (χ1) is 37.0. The number of carbonyl (C=O) groups is 1. The molecule has 2 aliphatic heterocycles. The zero-order valence-corrected chi connectivity index (χ0v) is 49.2. The van der Waals surface area contributed by atoms with Crippen LogP contribution in [-0.2, 0) is 4.74 Å². The van der Waals surface area contributed by atoms with Gasteiger partial charge in [-0.2, -0.15) is 9.97 Å². The number of nitrogens with zero attached hydrogens (tertiary/aromatic N) is 9. The van der Waals surface area contributed by atoms with Crippen LogP contribution in [0, 0.1) is 14.1 Å². The Kier molecular flexibility index (Phi) is 17.6. The second-order valence-corrected chi connectivity index (χ2v) is 23.6. The van der Waals surface area contributed by atoms with E-state index in [1.165, 1.54) is 9.13 Å². The number of aromatic hydroxyl groups is 1. The summed E-state index contributed by atoms with van der Waals surface area (Å²) < 4.78 is 24.6. The molecule has 4 aromatic carbocycles. The highest BCUT2D eigenvalue weighted by atomic mass is 127. The third-order valence-electron chi connectivity index (χ3n) is 13.7. The zero-order chi connectivity index (χ0) is 54.4. The number of aromatic nitrogens is 8. The smallest absolute Gasteiger partial charge is 0.410 e. The lowest BCUT2D eigenvalue weighted by Gasteiger charge is -2.34. The van der Waals surface area contributed by atoms with Gasteiger partial charge in [-0.05, 0) is 195 Å². The molecule has 2 N–H and O–H groups in total. The molecular weight excluding hydrogens is 1190 g/mol. The number of nitrogens with one attached hydrogen (secondary N) is 1. The summed E-state index contributed by atoms with van der Waals surface area (Å²) in [5, 5.41) is 13.9. The van der Waals surface area contributed by atoms with E-state index in [1.54, 1.807) is 23.4 Å². The lowest BCUT2D eigenvalue weighted by atomic mass is 10.0. The summed E-state index contributed by atoms with van der Waals surface area (Å²) in [6.45, 7) is 19.4. The van der Waals surface area contributed by atoms with Crippen molar-refractivity contribution in [3.05, 3.63) is 146 Å². The van der Waals surface area contributed by atoms with Crippen LogP contribution in [0.1, 0.15) is 115 Å². The van der Waals surface area contributed by atoms with Crippen LogP contribution in [0.25, 0.3) is 45.3 Å². The molecule has 6 heterocycles. The molecular formula is C60H66I2N10O5. The lowest BCUT2D eigenvalue weighted by molar-refractivity contribution is 0.0189. The predicted molar refractivity (Wildman–Crippen MR) is 318 cm³/mol. The minimum Gasteiger partial charge on any atom is -0.504 e. The van der Waals surface area contributed by atoms with Gasteiger partial charge < -0.3 is 38.7 Å². The number of likely N-dealkylation sites (tertiary alicyclic amines) is 1. The fourth-order valence-corrected chi connectivity index (χ4v) is 10.2. The zero-order valence-electron chi connectivity index (χ0n) is 44.9. The molecule has 0 spiro atoms. The minimum atomic E-state index is -0.534. The van der Waals surface area contributed by atoms with Crippen LogP contribution in [0.4, 0.5) is 4.79 Å². The van der Waals surface area contributed by atoms with Crippen LogP contribution in [0.3, 0.4) is 0 Å². The molecule has 17 heteroatoms. The molecule has 4 aromatic heterocycles. The molecule has 2 aliphatic rings. The van der Waals surface area contributed by atoms with Crippen LogP contribution < -0.4 is 14.8 Å². The number of ether oxygens (including phenoxy) is 3. The summed E-state index contributed by atoms with van der Waals surface area (Å²) in [7, 11) is 0. The molecule has 77 heavy (non-hydrogen) atoms. The first kappa shape index (κ1) is 55.3. The number of aryl methyl sites for hydroxylation is 1. The third kappa shape index (κ3) is 13.6. The van der Waals surface area contributed by atoms with Gasteiger partial charge in [-0.25, -0.2) is 24.7 Å². The number of phenolic OH excluding ortho intramolecular Hbond substituents is 1. The number of amides is 1. The second-order valence-electron chi connectivity index (χ2n) is 21.1. The monoisotopic (exact) mass is 1260 g/mol. The number of phenols is 1. The highest BCUT2D eigenvalue weighted by Gasteiger charge is 2.31. The Labute approximate surface area is 478 Å². The van der Waals surface area contributed by atoms with E-state index in [1.807, 2.05) is 64.6 Å².